The third-order valence-electron chi connectivity index (χ3n) is 2.71. The Labute approximate surface area is 107 Å². The van der Waals surface area contributed by atoms with Crippen molar-refractivity contribution in [1.82, 2.24) is 25.0 Å². The van der Waals surface area contributed by atoms with Crippen LogP contribution in [0.3, 0.4) is 0 Å². The molecule has 0 saturated carbocycles. The first-order valence-electron chi connectivity index (χ1n) is 5.54. The summed E-state index contributed by atoms with van der Waals surface area (Å²) in [7, 11) is 0. The first-order chi connectivity index (χ1) is 9.29. The van der Waals surface area contributed by atoms with Crippen molar-refractivity contribution < 1.29 is 4.39 Å². The molecule has 2 aromatic heterocycles. The maximum Gasteiger partial charge on any atom is 0.184 e. The van der Waals surface area contributed by atoms with E-state index >= 15 is 0 Å². The summed E-state index contributed by atoms with van der Waals surface area (Å²) in [5.74, 6) is 5.41. The first-order valence-corrected chi connectivity index (χ1v) is 5.54. The van der Waals surface area contributed by atoms with Crippen LogP contribution in [-0.4, -0.2) is 25.0 Å². The molecule has 0 bridgehead atoms. The van der Waals surface area contributed by atoms with Gasteiger partial charge in [-0.2, -0.15) is 0 Å². The molecule has 3 aromatic rings. The summed E-state index contributed by atoms with van der Waals surface area (Å²) >= 11 is 0. The topological polar surface area (TPSA) is 94.5 Å². The fourth-order valence-electron chi connectivity index (χ4n) is 1.79. The van der Waals surface area contributed by atoms with Crippen molar-refractivity contribution in [2.45, 2.75) is 6.54 Å². The van der Waals surface area contributed by atoms with E-state index in [9.17, 15) is 4.39 Å². The number of nitrogens with two attached hydrogens (primary N) is 1. The summed E-state index contributed by atoms with van der Waals surface area (Å²) in [5, 5.41) is 7.88. The minimum Gasteiger partial charge on any atom is -0.306 e. The Balaban J connectivity index is 2.05. The summed E-state index contributed by atoms with van der Waals surface area (Å²) in [6.07, 6.45) is 1.35. The van der Waals surface area contributed by atoms with Gasteiger partial charge in [-0.25, -0.2) is 24.9 Å². The van der Waals surface area contributed by atoms with Crippen LogP contribution in [0.4, 0.5) is 10.2 Å². The second kappa shape index (κ2) is 4.58. The van der Waals surface area contributed by atoms with Gasteiger partial charge in [-0.3, -0.25) is 0 Å². The molecule has 0 unspecified atom stereocenters. The average Bonchev–Trinajstić information content (AvgIpc) is 2.84. The van der Waals surface area contributed by atoms with E-state index < -0.39 is 0 Å². The van der Waals surface area contributed by atoms with Crippen molar-refractivity contribution in [2.24, 2.45) is 5.84 Å². The van der Waals surface area contributed by atoms with E-state index in [1.807, 2.05) is 0 Å². The van der Waals surface area contributed by atoms with Crippen LogP contribution < -0.4 is 11.3 Å². The highest BCUT2D eigenvalue weighted by molar-refractivity contribution is 5.81. The molecule has 0 fully saturated rings. The third-order valence-corrected chi connectivity index (χ3v) is 2.71. The highest BCUT2D eigenvalue weighted by atomic mass is 19.1. The molecule has 0 radical (unpaired) electrons. The minimum atomic E-state index is -0.294. The van der Waals surface area contributed by atoms with Crippen LogP contribution >= 0.6 is 0 Å². The number of hydrogen-bond acceptors (Lipinski definition) is 6. The molecule has 7 nitrogen and oxygen atoms in total. The van der Waals surface area contributed by atoms with E-state index in [4.69, 9.17) is 5.84 Å². The number of nitrogen functional groups attached to an aromatic ring is 1. The van der Waals surface area contributed by atoms with Gasteiger partial charge in [-0.1, -0.05) is 23.4 Å². The Morgan fingerprint density at radius 3 is 2.89 bits per heavy atom. The molecule has 0 aliphatic carbocycles. The number of hydrogen-bond donors (Lipinski definition) is 2. The van der Waals surface area contributed by atoms with Crippen LogP contribution in [0.15, 0.2) is 30.6 Å². The second-order valence-corrected chi connectivity index (χ2v) is 3.88. The predicted molar refractivity (Wildman–Crippen MR) is 66.4 cm³/mol. The number of benzene rings is 1. The smallest absolute Gasteiger partial charge is 0.184 e. The molecule has 0 atom stereocenters. The lowest BCUT2D eigenvalue weighted by molar-refractivity contribution is 0.582. The highest BCUT2D eigenvalue weighted by Gasteiger charge is 2.12. The van der Waals surface area contributed by atoms with Gasteiger partial charge in [0.15, 0.2) is 17.0 Å². The highest BCUT2D eigenvalue weighted by Crippen LogP contribution is 2.16. The fraction of sp³-hybridized carbons (Fsp3) is 0.0909. The fourth-order valence-corrected chi connectivity index (χ4v) is 1.79. The van der Waals surface area contributed by atoms with Crippen molar-refractivity contribution in [1.29, 1.82) is 0 Å². The number of hydrazine groups is 1. The summed E-state index contributed by atoms with van der Waals surface area (Å²) in [5.41, 5.74) is 3.86. The van der Waals surface area contributed by atoms with Gasteiger partial charge < -0.3 is 5.43 Å². The lowest BCUT2D eigenvalue weighted by Crippen LogP contribution is -2.09. The van der Waals surface area contributed by atoms with Gasteiger partial charge in [0.2, 0.25) is 0 Å². The maximum atomic E-state index is 13.6. The number of aromatic nitrogens is 5. The van der Waals surface area contributed by atoms with Crippen LogP contribution in [0.2, 0.25) is 0 Å². The Morgan fingerprint density at radius 2 is 2.11 bits per heavy atom. The van der Waals surface area contributed by atoms with Gasteiger partial charge >= 0.3 is 0 Å². The minimum absolute atomic E-state index is 0.240. The summed E-state index contributed by atoms with van der Waals surface area (Å²) in [6, 6.07) is 6.48. The summed E-state index contributed by atoms with van der Waals surface area (Å²) in [6.45, 7) is 0.240. The second-order valence-electron chi connectivity index (χ2n) is 3.88. The molecule has 1 aromatic carbocycles. The normalized spacial score (nSPS) is 10.8. The van der Waals surface area contributed by atoms with E-state index in [1.165, 1.54) is 17.1 Å². The van der Waals surface area contributed by atoms with Gasteiger partial charge in [-0.15, -0.1) is 5.10 Å². The number of nitrogens with zero attached hydrogens (tertiary/aromatic N) is 5. The Hall–Kier alpha value is -2.61. The van der Waals surface area contributed by atoms with Crippen LogP contribution in [-0.2, 0) is 6.54 Å². The van der Waals surface area contributed by atoms with Crippen LogP contribution in [0.25, 0.3) is 11.2 Å². The van der Waals surface area contributed by atoms with Crippen molar-refractivity contribution >= 4 is 17.0 Å². The number of rotatable bonds is 3. The zero-order valence-corrected chi connectivity index (χ0v) is 9.79. The molecule has 0 amide bonds. The molecule has 0 spiro atoms. The monoisotopic (exact) mass is 259 g/mol. The van der Waals surface area contributed by atoms with E-state index in [-0.39, 0.29) is 12.4 Å². The summed E-state index contributed by atoms with van der Waals surface area (Å²) < 4.78 is 15.1. The molecular formula is C11H10FN7. The first kappa shape index (κ1) is 11.5. The number of nitrogens with one attached hydrogen (secondary N) is 1. The van der Waals surface area contributed by atoms with E-state index in [1.54, 1.807) is 18.2 Å². The standard InChI is InChI=1S/C11H10FN7/c12-8-4-2-1-3-7(8)5-19-11-9(17-18-19)10(16-13)14-6-15-11/h1-4,6H,5,13H2,(H,14,15,16). The van der Waals surface area contributed by atoms with Gasteiger partial charge in [0.25, 0.3) is 0 Å². The Kier molecular flexibility index (Phi) is 2.76. The van der Waals surface area contributed by atoms with Crippen LogP contribution in [0, 0.1) is 5.82 Å². The molecule has 8 heteroatoms. The van der Waals surface area contributed by atoms with E-state index in [0.717, 1.165) is 0 Å². The molecule has 19 heavy (non-hydrogen) atoms. The van der Waals surface area contributed by atoms with Crippen molar-refractivity contribution in [2.75, 3.05) is 5.43 Å². The lowest BCUT2D eigenvalue weighted by Gasteiger charge is -2.03. The largest absolute Gasteiger partial charge is 0.306 e. The van der Waals surface area contributed by atoms with Crippen LogP contribution in [0.5, 0.6) is 0 Å². The van der Waals surface area contributed by atoms with Crippen molar-refractivity contribution in [3.05, 3.63) is 42.0 Å². The van der Waals surface area contributed by atoms with Gasteiger partial charge in [0.1, 0.15) is 12.1 Å². The third kappa shape index (κ3) is 1.97. The number of fused-ring (bicyclic) bond motifs is 1. The quantitative estimate of drug-likeness (QED) is 0.531. The molecule has 3 rings (SSSR count). The molecule has 0 aliphatic rings. The van der Waals surface area contributed by atoms with E-state index in [2.05, 4.69) is 25.7 Å². The lowest BCUT2D eigenvalue weighted by atomic mass is 10.2. The van der Waals surface area contributed by atoms with E-state index in [0.29, 0.717) is 22.5 Å². The number of anilines is 1. The van der Waals surface area contributed by atoms with Crippen molar-refractivity contribution in [3.8, 4) is 0 Å². The summed E-state index contributed by atoms with van der Waals surface area (Å²) in [4.78, 5) is 8.01. The van der Waals surface area contributed by atoms with Gasteiger partial charge in [-0.05, 0) is 6.07 Å². The van der Waals surface area contributed by atoms with Crippen molar-refractivity contribution in [3.63, 3.8) is 0 Å². The van der Waals surface area contributed by atoms with Gasteiger partial charge in [0.05, 0.1) is 6.54 Å². The zero-order valence-electron chi connectivity index (χ0n) is 9.79. The molecule has 0 aliphatic heterocycles. The van der Waals surface area contributed by atoms with Gasteiger partial charge in [0, 0.05) is 5.56 Å². The van der Waals surface area contributed by atoms with Crippen LogP contribution in [0.1, 0.15) is 5.56 Å². The predicted octanol–water partition coefficient (Wildman–Crippen LogP) is 0.694. The molecule has 2 heterocycles. The maximum absolute atomic E-state index is 13.6. The molecule has 3 N–H and O–H groups in total. The molecule has 96 valence electrons. The molecular weight excluding hydrogens is 249 g/mol. The Morgan fingerprint density at radius 1 is 1.26 bits per heavy atom. The molecule has 0 saturated heterocycles. The zero-order chi connectivity index (χ0) is 13.2. The average molecular weight is 259 g/mol. The Bertz CT molecular complexity index is 724. The SMILES string of the molecule is NNc1ncnc2c1nnn2Cc1ccccc1F. The number of halogens is 1.